The Morgan fingerprint density at radius 3 is 2.49 bits per heavy atom. The first kappa shape index (κ1) is 25.9. The average Bonchev–Trinajstić information content (AvgIpc) is 2.88. The number of aryl methyl sites for hydroxylation is 1. The highest BCUT2D eigenvalue weighted by Crippen LogP contribution is 2.29. The fraction of sp³-hybridized carbons (Fsp3) is 0.276. The van der Waals surface area contributed by atoms with Crippen LogP contribution in [-0.4, -0.2) is 35.1 Å². The third kappa shape index (κ3) is 6.72. The van der Waals surface area contributed by atoms with E-state index in [0.717, 1.165) is 43.5 Å². The molecule has 0 bridgehead atoms. The Bertz CT molecular complexity index is 1330. The molecule has 8 heteroatoms. The number of nitrogens with one attached hydrogen (secondary N) is 2. The van der Waals surface area contributed by atoms with Crippen LogP contribution < -0.4 is 10.6 Å². The highest BCUT2D eigenvalue weighted by Gasteiger charge is 2.24. The van der Waals surface area contributed by atoms with E-state index in [4.69, 9.17) is 5.26 Å². The molecular formula is C29H29FN4O3. The minimum atomic E-state index is -1.05. The third-order valence-electron chi connectivity index (χ3n) is 6.77. The minimum absolute atomic E-state index is 0.154. The zero-order chi connectivity index (χ0) is 26.4. The van der Waals surface area contributed by atoms with Gasteiger partial charge in [-0.15, -0.1) is 0 Å². The Kier molecular flexibility index (Phi) is 8.16. The molecule has 2 amide bonds. The number of amides is 2. The summed E-state index contributed by atoms with van der Waals surface area (Å²) in [5, 5.41) is 24.5. The maximum absolute atomic E-state index is 13.2. The van der Waals surface area contributed by atoms with Crippen LogP contribution in [0, 0.1) is 30.0 Å². The molecule has 0 aromatic heterocycles. The lowest BCUT2D eigenvalue weighted by atomic mass is 9.89. The van der Waals surface area contributed by atoms with Crippen LogP contribution in [0.5, 0.6) is 0 Å². The lowest BCUT2D eigenvalue weighted by Gasteiger charge is -2.33. The Hall–Kier alpha value is -4.22. The van der Waals surface area contributed by atoms with Crippen molar-refractivity contribution in [1.82, 2.24) is 4.90 Å². The zero-order valence-electron chi connectivity index (χ0n) is 20.6. The summed E-state index contributed by atoms with van der Waals surface area (Å²) in [6.07, 6.45) is 2.78. The molecule has 7 nitrogen and oxygen atoms in total. The summed E-state index contributed by atoms with van der Waals surface area (Å²) in [4.78, 5) is 27.1. The van der Waals surface area contributed by atoms with Gasteiger partial charge in [0, 0.05) is 17.8 Å². The molecule has 4 rings (SSSR count). The zero-order valence-corrected chi connectivity index (χ0v) is 20.6. The van der Waals surface area contributed by atoms with Crippen molar-refractivity contribution < 1.29 is 19.1 Å². The van der Waals surface area contributed by atoms with Gasteiger partial charge < -0.3 is 15.7 Å². The number of carboxylic acid groups (broad SMARTS) is 1. The number of carboxylic acids is 1. The average molecular weight is 501 g/mol. The van der Waals surface area contributed by atoms with Crippen molar-refractivity contribution in [2.24, 2.45) is 5.92 Å². The van der Waals surface area contributed by atoms with Crippen LogP contribution in [0.25, 0.3) is 0 Å². The van der Waals surface area contributed by atoms with Crippen molar-refractivity contribution in [2.75, 3.05) is 23.7 Å². The lowest BCUT2D eigenvalue weighted by Crippen LogP contribution is -2.35. The van der Waals surface area contributed by atoms with Crippen LogP contribution in [0.4, 0.5) is 20.6 Å². The van der Waals surface area contributed by atoms with E-state index < -0.39 is 12.0 Å². The number of anilines is 2. The number of piperidine rings is 1. The number of urea groups is 1. The molecule has 3 N–H and O–H groups in total. The Morgan fingerprint density at radius 2 is 1.81 bits per heavy atom. The van der Waals surface area contributed by atoms with E-state index in [-0.39, 0.29) is 11.4 Å². The monoisotopic (exact) mass is 500 g/mol. The Balaban J connectivity index is 1.46. The molecule has 3 aromatic rings. The van der Waals surface area contributed by atoms with Crippen molar-refractivity contribution in [3.63, 3.8) is 0 Å². The molecule has 0 saturated carbocycles. The maximum atomic E-state index is 13.2. The van der Waals surface area contributed by atoms with E-state index in [2.05, 4.69) is 15.5 Å². The molecule has 0 radical (unpaired) electrons. The largest absolute Gasteiger partial charge is 0.478 e. The van der Waals surface area contributed by atoms with Gasteiger partial charge in [0.1, 0.15) is 5.82 Å². The number of likely N-dealkylation sites (tertiary alicyclic amines) is 1. The van der Waals surface area contributed by atoms with Crippen LogP contribution in [0.3, 0.4) is 0 Å². The summed E-state index contributed by atoms with van der Waals surface area (Å²) in [6.45, 7) is 3.82. The first-order chi connectivity index (χ1) is 17.8. The van der Waals surface area contributed by atoms with Crippen LogP contribution in [0.2, 0.25) is 0 Å². The maximum Gasteiger partial charge on any atom is 0.336 e. The number of nitrogens with zero attached hydrogens (tertiary/aromatic N) is 2. The molecule has 1 heterocycles. The summed E-state index contributed by atoms with van der Waals surface area (Å²) in [5.41, 5.74) is 3.95. The number of nitriles is 1. The van der Waals surface area contributed by atoms with Crippen LogP contribution in [-0.2, 0) is 13.0 Å². The molecule has 3 aromatic carbocycles. The molecule has 1 aliphatic rings. The fourth-order valence-corrected chi connectivity index (χ4v) is 4.77. The molecule has 1 saturated heterocycles. The molecular weight excluding hydrogens is 471 g/mol. The number of halogens is 1. The molecule has 0 unspecified atom stereocenters. The summed E-state index contributed by atoms with van der Waals surface area (Å²) in [6, 6.07) is 18.0. The van der Waals surface area contributed by atoms with E-state index in [1.54, 1.807) is 36.4 Å². The van der Waals surface area contributed by atoms with E-state index in [9.17, 15) is 19.1 Å². The molecule has 1 fully saturated rings. The molecule has 37 heavy (non-hydrogen) atoms. The topological polar surface area (TPSA) is 105 Å². The second-order valence-corrected chi connectivity index (χ2v) is 9.41. The predicted molar refractivity (Wildman–Crippen MR) is 140 cm³/mol. The Labute approximate surface area is 215 Å². The van der Waals surface area contributed by atoms with Gasteiger partial charge in [0.2, 0.25) is 0 Å². The number of aromatic carboxylic acids is 1. The van der Waals surface area contributed by atoms with Gasteiger partial charge in [-0.1, -0.05) is 24.3 Å². The van der Waals surface area contributed by atoms with Gasteiger partial charge >= 0.3 is 12.0 Å². The van der Waals surface area contributed by atoms with Gasteiger partial charge in [-0.05, 0) is 92.7 Å². The summed E-state index contributed by atoms with van der Waals surface area (Å²) >= 11 is 0. The van der Waals surface area contributed by atoms with Crippen molar-refractivity contribution >= 4 is 23.4 Å². The van der Waals surface area contributed by atoms with Crippen molar-refractivity contribution in [1.29, 1.82) is 5.26 Å². The van der Waals surface area contributed by atoms with E-state index >= 15 is 0 Å². The normalized spacial score (nSPS) is 14.1. The SMILES string of the molecule is Cc1ccc(C(=O)O)c(CN2CCC(Cc3ccc(F)cc3)CC2)c1NC(=O)Nc1cccc(C#N)c1. The summed E-state index contributed by atoms with van der Waals surface area (Å²) in [5.74, 6) is -0.808. The quantitative estimate of drug-likeness (QED) is 0.380. The van der Waals surface area contributed by atoms with Gasteiger partial charge in [-0.3, -0.25) is 4.90 Å². The van der Waals surface area contributed by atoms with E-state index in [1.807, 2.05) is 25.1 Å². The number of carbonyl (C=O) groups excluding carboxylic acids is 1. The number of benzene rings is 3. The molecule has 0 atom stereocenters. The number of carbonyl (C=O) groups is 2. The summed E-state index contributed by atoms with van der Waals surface area (Å²) < 4.78 is 13.2. The van der Waals surface area contributed by atoms with E-state index in [0.29, 0.717) is 35.0 Å². The number of hydrogen-bond donors (Lipinski definition) is 3. The van der Waals surface area contributed by atoms with Crippen molar-refractivity contribution in [2.45, 2.75) is 32.7 Å². The summed E-state index contributed by atoms with van der Waals surface area (Å²) in [7, 11) is 0. The Morgan fingerprint density at radius 1 is 1.08 bits per heavy atom. The standard InChI is InChI=1S/C29H29FN4O3/c1-19-5-10-25(28(35)36)26(27(19)33-29(37)32-24-4-2-3-22(16-24)17-31)18-34-13-11-21(12-14-34)15-20-6-8-23(30)9-7-20/h2-10,16,21H,11-15,18H2,1H3,(H,35,36)(H2,32,33,37). The van der Waals surface area contributed by atoms with Crippen molar-refractivity contribution in [3.05, 3.63) is 94.3 Å². The smallest absolute Gasteiger partial charge is 0.336 e. The van der Waals surface area contributed by atoms with Gasteiger partial charge in [0.05, 0.1) is 22.9 Å². The second kappa shape index (κ2) is 11.7. The van der Waals surface area contributed by atoms with Crippen LogP contribution >= 0.6 is 0 Å². The third-order valence-corrected chi connectivity index (χ3v) is 6.77. The van der Waals surface area contributed by atoms with Gasteiger partial charge in [-0.25, -0.2) is 14.0 Å². The molecule has 1 aliphatic heterocycles. The van der Waals surface area contributed by atoms with E-state index in [1.165, 1.54) is 12.1 Å². The number of rotatable bonds is 7. The van der Waals surface area contributed by atoms with Crippen LogP contribution in [0.15, 0.2) is 60.7 Å². The molecule has 0 aliphatic carbocycles. The highest BCUT2D eigenvalue weighted by molar-refractivity contribution is 6.02. The first-order valence-electron chi connectivity index (χ1n) is 12.2. The first-order valence-corrected chi connectivity index (χ1v) is 12.2. The second-order valence-electron chi connectivity index (χ2n) is 9.41. The van der Waals surface area contributed by atoms with Crippen molar-refractivity contribution in [3.8, 4) is 6.07 Å². The number of hydrogen-bond acceptors (Lipinski definition) is 4. The molecule has 190 valence electrons. The van der Waals surface area contributed by atoms with Gasteiger partial charge in [0.25, 0.3) is 0 Å². The van der Waals surface area contributed by atoms with Crippen LogP contribution in [0.1, 0.15) is 45.5 Å². The minimum Gasteiger partial charge on any atom is -0.478 e. The fourth-order valence-electron chi connectivity index (χ4n) is 4.77. The highest BCUT2D eigenvalue weighted by atomic mass is 19.1. The predicted octanol–water partition coefficient (Wildman–Crippen LogP) is 5.80. The lowest BCUT2D eigenvalue weighted by molar-refractivity contribution is 0.0693. The molecule has 0 spiro atoms. The van der Waals surface area contributed by atoms with Gasteiger partial charge in [-0.2, -0.15) is 5.26 Å². The van der Waals surface area contributed by atoms with Gasteiger partial charge in [0.15, 0.2) is 0 Å².